The molecule has 0 aliphatic rings. The summed E-state index contributed by atoms with van der Waals surface area (Å²) < 4.78 is 46.3. The van der Waals surface area contributed by atoms with Gasteiger partial charge in [0.25, 0.3) is 0 Å². The van der Waals surface area contributed by atoms with E-state index in [2.05, 4.69) is 15.9 Å². The molecule has 0 aromatic heterocycles. The predicted molar refractivity (Wildman–Crippen MR) is 109 cm³/mol. The molecule has 2 nitrogen and oxygen atoms in total. The first kappa shape index (κ1) is 22.5. The summed E-state index contributed by atoms with van der Waals surface area (Å²) in [6.07, 6.45) is -1.96. The summed E-state index contributed by atoms with van der Waals surface area (Å²) in [5, 5.41) is 0.465. The average Bonchev–Trinajstić information content (AvgIpc) is 2.58. The lowest BCUT2D eigenvalue weighted by Crippen LogP contribution is -2.19. The van der Waals surface area contributed by atoms with E-state index in [9.17, 15) is 18.0 Å². The maximum Gasteiger partial charge on any atom is 0.399 e. The maximum atomic E-state index is 13.7. The number of esters is 1. The Morgan fingerprint density at radius 2 is 1.82 bits per heavy atom. The number of carbonyl (C=O) groups is 1. The van der Waals surface area contributed by atoms with Gasteiger partial charge in [0.05, 0.1) is 18.1 Å². The first-order valence-electron chi connectivity index (χ1n) is 8.52. The molecule has 1 atom stereocenters. The zero-order valence-electron chi connectivity index (χ0n) is 15.5. The van der Waals surface area contributed by atoms with Crippen LogP contribution in [0.4, 0.5) is 13.2 Å². The van der Waals surface area contributed by atoms with Crippen LogP contribution in [0.5, 0.6) is 0 Å². The van der Waals surface area contributed by atoms with Crippen molar-refractivity contribution in [1.29, 1.82) is 0 Å². The maximum absolute atomic E-state index is 13.7. The Kier molecular flexibility index (Phi) is 7.34. The van der Waals surface area contributed by atoms with Crippen LogP contribution < -0.4 is 0 Å². The second-order valence-electron chi connectivity index (χ2n) is 6.31. The number of benzene rings is 2. The SMILES string of the molecule is CCOC(=O)c1ccc(/C=C/C(c2cc(C)c(Cl)c(C)c2)C(F)(F)F)cc1Br. The van der Waals surface area contributed by atoms with Gasteiger partial charge in [0.1, 0.15) is 0 Å². The number of halogens is 5. The van der Waals surface area contributed by atoms with Crippen molar-refractivity contribution in [3.8, 4) is 0 Å². The Morgan fingerprint density at radius 1 is 1.21 bits per heavy atom. The van der Waals surface area contributed by atoms with Crippen LogP contribution in [-0.2, 0) is 4.74 Å². The van der Waals surface area contributed by atoms with Gasteiger partial charge in [0, 0.05) is 9.50 Å². The zero-order valence-corrected chi connectivity index (χ0v) is 17.9. The number of alkyl halides is 3. The molecule has 0 spiro atoms. The summed E-state index contributed by atoms with van der Waals surface area (Å²) in [6.45, 7) is 5.29. The highest BCUT2D eigenvalue weighted by Gasteiger charge is 2.39. The van der Waals surface area contributed by atoms with Gasteiger partial charge in [-0.15, -0.1) is 0 Å². The van der Waals surface area contributed by atoms with Crippen LogP contribution in [0.25, 0.3) is 6.08 Å². The van der Waals surface area contributed by atoms with Gasteiger partial charge in [0.15, 0.2) is 0 Å². The van der Waals surface area contributed by atoms with E-state index in [1.165, 1.54) is 24.3 Å². The minimum Gasteiger partial charge on any atom is -0.462 e. The van der Waals surface area contributed by atoms with Crippen molar-refractivity contribution >= 4 is 39.6 Å². The molecule has 0 fully saturated rings. The van der Waals surface area contributed by atoms with Crippen molar-refractivity contribution < 1.29 is 22.7 Å². The summed E-state index contributed by atoms with van der Waals surface area (Å²) in [7, 11) is 0. The number of ether oxygens (including phenoxy) is 1. The second kappa shape index (κ2) is 9.14. The number of rotatable bonds is 5. The van der Waals surface area contributed by atoms with Gasteiger partial charge in [-0.25, -0.2) is 4.79 Å². The molecule has 2 aromatic rings. The number of aryl methyl sites for hydroxylation is 2. The number of carbonyl (C=O) groups excluding carboxylic acids is 1. The molecule has 2 rings (SSSR count). The van der Waals surface area contributed by atoms with Crippen LogP contribution in [-0.4, -0.2) is 18.8 Å². The van der Waals surface area contributed by atoms with Gasteiger partial charge in [-0.3, -0.25) is 0 Å². The fourth-order valence-electron chi connectivity index (χ4n) is 2.78. The molecule has 0 bridgehead atoms. The largest absolute Gasteiger partial charge is 0.462 e. The van der Waals surface area contributed by atoms with Crippen LogP contribution in [0.3, 0.4) is 0 Å². The number of allylic oxidation sites excluding steroid dienone is 1. The van der Waals surface area contributed by atoms with Crippen molar-refractivity contribution in [2.24, 2.45) is 0 Å². The van der Waals surface area contributed by atoms with E-state index in [-0.39, 0.29) is 12.2 Å². The van der Waals surface area contributed by atoms with E-state index in [4.69, 9.17) is 16.3 Å². The summed E-state index contributed by atoms with van der Waals surface area (Å²) in [4.78, 5) is 11.8. The zero-order chi connectivity index (χ0) is 21.1. The predicted octanol–water partition coefficient (Wildman–Crippen LogP) is 7.26. The third kappa shape index (κ3) is 5.39. The van der Waals surface area contributed by atoms with Crippen molar-refractivity contribution in [3.05, 3.63) is 73.7 Å². The van der Waals surface area contributed by atoms with E-state index >= 15 is 0 Å². The van der Waals surface area contributed by atoms with Crippen LogP contribution >= 0.6 is 27.5 Å². The lowest BCUT2D eigenvalue weighted by molar-refractivity contribution is -0.139. The highest BCUT2D eigenvalue weighted by Crippen LogP contribution is 2.38. The Labute approximate surface area is 175 Å². The van der Waals surface area contributed by atoms with Gasteiger partial charge in [-0.1, -0.05) is 42.0 Å². The molecule has 0 aliphatic heterocycles. The van der Waals surface area contributed by atoms with Gasteiger partial charge in [0.2, 0.25) is 0 Å². The Morgan fingerprint density at radius 3 is 2.32 bits per heavy atom. The molecule has 0 saturated heterocycles. The van der Waals surface area contributed by atoms with E-state index in [1.54, 1.807) is 32.9 Å². The molecule has 0 N–H and O–H groups in total. The molecule has 28 heavy (non-hydrogen) atoms. The third-order valence-electron chi connectivity index (χ3n) is 4.14. The summed E-state index contributed by atoms with van der Waals surface area (Å²) >= 11 is 9.34. The lowest BCUT2D eigenvalue weighted by Gasteiger charge is -2.19. The van der Waals surface area contributed by atoms with E-state index in [1.807, 2.05) is 0 Å². The fourth-order valence-corrected chi connectivity index (χ4v) is 3.45. The van der Waals surface area contributed by atoms with Gasteiger partial charge in [-0.05, 0) is 71.1 Å². The van der Waals surface area contributed by atoms with E-state index in [0.717, 1.165) is 6.08 Å². The summed E-state index contributed by atoms with van der Waals surface area (Å²) in [6, 6.07) is 7.57. The molecule has 0 amide bonds. The minimum absolute atomic E-state index is 0.130. The Balaban J connectivity index is 2.37. The second-order valence-corrected chi connectivity index (χ2v) is 7.54. The van der Waals surface area contributed by atoms with Crippen LogP contribution in [0.1, 0.15) is 45.5 Å². The molecule has 150 valence electrons. The standard InChI is InChI=1S/C21H19BrClF3O2/c1-4-28-20(27)16-7-5-14(11-18(16)22)6-8-17(21(24,25)26)15-9-12(2)19(23)13(3)10-15/h5-11,17H,4H2,1-3H3/b8-6+. The normalized spacial score (nSPS) is 13.0. The van der Waals surface area contributed by atoms with Gasteiger partial charge >= 0.3 is 12.1 Å². The van der Waals surface area contributed by atoms with Crippen molar-refractivity contribution in [2.75, 3.05) is 6.61 Å². The quantitative estimate of drug-likeness (QED) is 0.426. The number of hydrogen-bond acceptors (Lipinski definition) is 2. The highest BCUT2D eigenvalue weighted by atomic mass is 79.9. The minimum atomic E-state index is -4.45. The van der Waals surface area contributed by atoms with Crippen molar-refractivity contribution in [1.82, 2.24) is 0 Å². The van der Waals surface area contributed by atoms with Gasteiger partial charge < -0.3 is 4.74 Å². The van der Waals surface area contributed by atoms with Crippen LogP contribution in [0.2, 0.25) is 5.02 Å². The fraction of sp³-hybridized carbons (Fsp3) is 0.286. The molecule has 0 heterocycles. The number of hydrogen-bond donors (Lipinski definition) is 0. The highest BCUT2D eigenvalue weighted by molar-refractivity contribution is 9.10. The average molecular weight is 476 g/mol. The van der Waals surface area contributed by atoms with Crippen molar-refractivity contribution in [3.63, 3.8) is 0 Å². The summed E-state index contributed by atoms with van der Waals surface area (Å²) in [5.41, 5.74) is 2.17. The third-order valence-corrected chi connectivity index (χ3v) is 5.39. The van der Waals surface area contributed by atoms with Crippen LogP contribution in [0, 0.1) is 13.8 Å². The topological polar surface area (TPSA) is 26.3 Å². The molecule has 1 unspecified atom stereocenters. The first-order valence-corrected chi connectivity index (χ1v) is 9.70. The Hall–Kier alpha value is -1.79. The Bertz CT molecular complexity index is 884. The van der Waals surface area contributed by atoms with E-state index in [0.29, 0.717) is 31.7 Å². The molecule has 7 heteroatoms. The van der Waals surface area contributed by atoms with E-state index < -0.39 is 18.1 Å². The molecule has 2 aromatic carbocycles. The van der Waals surface area contributed by atoms with Crippen molar-refractivity contribution in [2.45, 2.75) is 32.9 Å². The lowest BCUT2D eigenvalue weighted by atomic mass is 9.94. The molecule has 0 aliphatic carbocycles. The van der Waals surface area contributed by atoms with Crippen LogP contribution in [0.15, 0.2) is 40.9 Å². The molecular formula is C21H19BrClF3O2. The summed E-state index contributed by atoms with van der Waals surface area (Å²) in [5.74, 6) is -2.27. The molecular weight excluding hydrogens is 457 g/mol. The smallest absolute Gasteiger partial charge is 0.399 e. The first-order chi connectivity index (χ1) is 13.0. The monoisotopic (exact) mass is 474 g/mol. The van der Waals surface area contributed by atoms with Gasteiger partial charge in [-0.2, -0.15) is 13.2 Å². The molecule has 0 radical (unpaired) electrons. The molecule has 0 saturated carbocycles.